The van der Waals surface area contributed by atoms with Crippen molar-refractivity contribution in [1.82, 2.24) is 0 Å². The molecule has 20 nitrogen and oxygen atoms in total. The zero-order chi connectivity index (χ0) is 38.3. The van der Waals surface area contributed by atoms with Gasteiger partial charge in [0, 0.05) is 18.2 Å². The molecule has 0 unspecified atom stereocenters. The standard InChI is InChI=1S/C33H40O20/c1-46-17-4-11(2-3-14(17)38)29-18(49-33-30(26(43)23(40)20(9-35)52-33)53-32-27(44)24(41)21(10-36)51-32)7-13-15(47-29)5-12(37)6-16(13)48-31-28(45)25(42)22(39)19(8-34)50-31/h2-7,19-28,30-36,39-45H,8-10H2,1H3,(H-,37,38)/p+1/t19-,20-,21-,22-,23-,24+,25+,26+,27-,28-,30-,31-,32+,33-/m1/s1. The summed E-state index contributed by atoms with van der Waals surface area (Å²) in [6.45, 7) is -2.25. The molecule has 0 bridgehead atoms. The minimum absolute atomic E-state index is 0.00433. The quantitative estimate of drug-likeness (QED) is 0.0849. The number of aliphatic hydroxyl groups is 10. The fourth-order valence-corrected chi connectivity index (χ4v) is 6.22. The molecular formula is C33H41O20+. The van der Waals surface area contributed by atoms with Crippen molar-refractivity contribution in [1.29, 1.82) is 0 Å². The molecule has 2 aromatic carbocycles. The third-order valence-corrected chi connectivity index (χ3v) is 9.19. The van der Waals surface area contributed by atoms with Gasteiger partial charge in [-0.1, -0.05) is 0 Å². The second-order valence-corrected chi connectivity index (χ2v) is 12.6. The summed E-state index contributed by atoms with van der Waals surface area (Å²) in [5, 5.41) is 124. The Hall–Kier alpha value is -3.71. The molecule has 3 aliphatic heterocycles. The van der Waals surface area contributed by atoms with Crippen LogP contribution in [0.2, 0.25) is 0 Å². The summed E-state index contributed by atoms with van der Waals surface area (Å²) < 4.78 is 45.9. The molecule has 20 heteroatoms. The van der Waals surface area contributed by atoms with E-state index in [1.165, 1.54) is 37.4 Å². The van der Waals surface area contributed by atoms with Crippen LogP contribution >= 0.6 is 0 Å². The Morgan fingerprint density at radius 2 is 1.17 bits per heavy atom. The van der Waals surface area contributed by atoms with Crippen molar-refractivity contribution in [2.75, 3.05) is 26.9 Å². The van der Waals surface area contributed by atoms with E-state index in [4.69, 9.17) is 37.6 Å². The first kappa shape index (κ1) is 39.0. The SMILES string of the molecule is COc1cc(-c2[o+]c3cc(O)cc(O[C@@H]4O[C@H](CO)[C@@H](O)[C@H](O)[C@H]4O)c3cc2O[C@@H]2O[C@H](CO)[C@@H](O)[C@H](O)[C@H]2O[C@@H]2O[C@H](CO)[C@H](O)[C@H]2O)ccc1O. The van der Waals surface area contributed by atoms with E-state index in [0.29, 0.717) is 0 Å². The van der Waals surface area contributed by atoms with Crippen LogP contribution in [0.1, 0.15) is 0 Å². The first-order chi connectivity index (χ1) is 25.3. The maximum absolute atomic E-state index is 11.1. The van der Waals surface area contributed by atoms with Crippen molar-refractivity contribution in [2.45, 2.75) is 86.0 Å². The highest BCUT2D eigenvalue weighted by atomic mass is 16.8. The van der Waals surface area contributed by atoms with Crippen LogP contribution in [0, 0.1) is 0 Å². The van der Waals surface area contributed by atoms with Gasteiger partial charge >= 0.3 is 11.3 Å². The van der Waals surface area contributed by atoms with Crippen molar-refractivity contribution < 1.29 is 98.9 Å². The molecule has 3 aliphatic rings. The molecule has 0 radical (unpaired) electrons. The van der Waals surface area contributed by atoms with E-state index in [0.717, 1.165) is 6.07 Å². The highest BCUT2D eigenvalue weighted by Gasteiger charge is 2.52. The number of ether oxygens (including phenoxy) is 7. The third-order valence-electron chi connectivity index (χ3n) is 9.19. The van der Waals surface area contributed by atoms with E-state index in [1.807, 2.05) is 0 Å². The van der Waals surface area contributed by atoms with E-state index in [9.17, 15) is 61.3 Å². The number of aliphatic hydroxyl groups excluding tert-OH is 10. The average Bonchev–Trinajstić information content (AvgIpc) is 3.42. The lowest BCUT2D eigenvalue weighted by atomic mass is 9.99. The summed E-state index contributed by atoms with van der Waals surface area (Å²) in [5.74, 6) is -1.25. The molecule has 0 amide bonds. The van der Waals surface area contributed by atoms with Gasteiger partial charge in [-0.15, -0.1) is 0 Å². The minimum atomic E-state index is -1.87. The van der Waals surface area contributed by atoms with Gasteiger partial charge in [-0.25, -0.2) is 4.42 Å². The van der Waals surface area contributed by atoms with Crippen molar-refractivity contribution in [3.8, 4) is 40.1 Å². The number of rotatable bonds is 11. The Morgan fingerprint density at radius 3 is 1.81 bits per heavy atom. The zero-order valence-electron chi connectivity index (χ0n) is 27.8. The van der Waals surface area contributed by atoms with Crippen LogP contribution in [0.4, 0.5) is 0 Å². The molecule has 6 rings (SSSR count). The van der Waals surface area contributed by atoms with Crippen molar-refractivity contribution in [2.24, 2.45) is 0 Å². The van der Waals surface area contributed by atoms with Crippen molar-refractivity contribution >= 4 is 11.0 Å². The normalized spacial score (nSPS) is 36.1. The molecule has 14 atom stereocenters. The second kappa shape index (κ2) is 15.9. The van der Waals surface area contributed by atoms with Gasteiger partial charge in [0.05, 0.1) is 38.6 Å². The van der Waals surface area contributed by atoms with Crippen LogP contribution in [0.15, 0.2) is 40.8 Å². The van der Waals surface area contributed by atoms with E-state index in [-0.39, 0.29) is 45.3 Å². The fraction of sp³-hybridized carbons (Fsp3) is 0.545. The number of hydrogen-bond donors (Lipinski definition) is 12. The molecule has 3 fully saturated rings. The van der Waals surface area contributed by atoms with Crippen LogP contribution in [-0.2, 0) is 18.9 Å². The molecule has 1 aromatic heterocycles. The monoisotopic (exact) mass is 757 g/mol. The maximum atomic E-state index is 11.1. The van der Waals surface area contributed by atoms with Crippen LogP contribution < -0.4 is 14.2 Å². The lowest BCUT2D eigenvalue weighted by Gasteiger charge is -2.42. The third kappa shape index (κ3) is 7.52. The van der Waals surface area contributed by atoms with Gasteiger partial charge in [0.15, 0.2) is 23.9 Å². The highest BCUT2D eigenvalue weighted by molar-refractivity contribution is 5.89. The molecule has 53 heavy (non-hydrogen) atoms. The van der Waals surface area contributed by atoms with E-state index in [2.05, 4.69) is 0 Å². The topological polar surface area (TPSA) is 319 Å². The number of phenols is 2. The van der Waals surface area contributed by atoms with Gasteiger partial charge in [-0.3, -0.25) is 0 Å². The Morgan fingerprint density at radius 1 is 0.604 bits per heavy atom. The lowest BCUT2D eigenvalue weighted by Crippen LogP contribution is -2.62. The summed E-state index contributed by atoms with van der Waals surface area (Å²) in [7, 11) is 1.30. The van der Waals surface area contributed by atoms with Crippen LogP contribution in [0.3, 0.4) is 0 Å². The summed E-state index contributed by atoms with van der Waals surface area (Å²) in [5.41, 5.74) is 0.124. The number of methoxy groups -OCH3 is 1. The smallest absolute Gasteiger partial charge is 0.402 e. The molecule has 0 aliphatic carbocycles. The molecule has 4 heterocycles. The maximum Gasteiger partial charge on any atom is 0.402 e. The Kier molecular flexibility index (Phi) is 11.7. The van der Waals surface area contributed by atoms with E-state index >= 15 is 0 Å². The number of phenolic OH excluding ortho intramolecular Hbond substituents is 2. The Balaban J connectivity index is 1.45. The van der Waals surface area contributed by atoms with Gasteiger partial charge in [-0.2, -0.15) is 0 Å². The number of hydrogen-bond acceptors (Lipinski definition) is 19. The van der Waals surface area contributed by atoms with E-state index in [1.54, 1.807) is 0 Å². The van der Waals surface area contributed by atoms with Crippen molar-refractivity contribution in [3.63, 3.8) is 0 Å². The Bertz CT molecular complexity index is 1720. The lowest BCUT2D eigenvalue weighted by molar-refractivity contribution is -0.320. The summed E-state index contributed by atoms with van der Waals surface area (Å²) in [6.07, 6.45) is -23.2. The molecule has 0 spiro atoms. The van der Waals surface area contributed by atoms with Gasteiger partial charge in [0.2, 0.25) is 18.3 Å². The average molecular weight is 758 g/mol. The first-order valence-corrected chi connectivity index (χ1v) is 16.4. The van der Waals surface area contributed by atoms with E-state index < -0.39 is 112 Å². The van der Waals surface area contributed by atoms with Crippen LogP contribution in [-0.4, -0.2) is 174 Å². The molecule has 3 aromatic rings. The van der Waals surface area contributed by atoms with Crippen LogP contribution in [0.5, 0.6) is 28.7 Å². The second-order valence-electron chi connectivity index (χ2n) is 12.6. The predicted octanol–water partition coefficient (Wildman–Crippen LogP) is -3.38. The fourth-order valence-electron chi connectivity index (χ4n) is 6.22. The molecule has 3 saturated heterocycles. The first-order valence-electron chi connectivity index (χ1n) is 16.4. The van der Waals surface area contributed by atoms with Crippen LogP contribution in [0.25, 0.3) is 22.3 Å². The van der Waals surface area contributed by atoms with Gasteiger partial charge in [0.1, 0.15) is 77.9 Å². The number of aromatic hydroxyl groups is 2. The highest BCUT2D eigenvalue weighted by Crippen LogP contribution is 2.44. The number of benzene rings is 2. The minimum Gasteiger partial charge on any atom is -0.507 e. The number of fused-ring (bicyclic) bond motifs is 1. The molecule has 0 saturated carbocycles. The molecule has 292 valence electrons. The summed E-state index contributed by atoms with van der Waals surface area (Å²) in [4.78, 5) is 0. The predicted molar refractivity (Wildman–Crippen MR) is 171 cm³/mol. The van der Waals surface area contributed by atoms with Gasteiger partial charge < -0.3 is 94.4 Å². The summed E-state index contributed by atoms with van der Waals surface area (Å²) in [6, 6.07) is 7.63. The van der Waals surface area contributed by atoms with Crippen molar-refractivity contribution in [3.05, 3.63) is 36.4 Å². The van der Waals surface area contributed by atoms with Gasteiger partial charge in [-0.05, 0) is 12.1 Å². The summed E-state index contributed by atoms with van der Waals surface area (Å²) >= 11 is 0. The molecular weight excluding hydrogens is 716 g/mol. The van der Waals surface area contributed by atoms with Gasteiger partial charge in [0.25, 0.3) is 0 Å². The zero-order valence-corrected chi connectivity index (χ0v) is 27.8. The molecule has 12 N–H and O–H groups in total. The Labute approximate surface area is 299 Å². The largest absolute Gasteiger partial charge is 0.507 e.